The van der Waals surface area contributed by atoms with E-state index in [1.807, 2.05) is 12.4 Å². The maximum atomic E-state index is 9.18. The molecule has 1 aliphatic carbocycles. The molecule has 0 bridgehead atoms. The van der Waals surface area contributed by atoms with Gasteiger partial charge in [0.25, 0.3) is 0 Å². The molecule has 0 amide bonds. The summed E-state index contributed by atoms with van der Waals surface area (Å²) >= 11 is 0. The number of aliphatic hydroxyl groups is 1. The van der Waals surface area contributed by atoms with E-state index in [-0.39, 0.29) is 0 Å². The Labute approximate surface area is 104 Å². The van der Waals surface area contributed by atoms with Crippen LogP contribution >= 0.6 is 0 Å². The fraction of sp³-hybridized carbons (Fsp3) is 0.714. The zero-order valence-electron chi connectivity index (χ0n) is 10.5. The molecule has 1 aromatic heterocycles. The highest BCUT2D eigenvalue weighted by Crippen LogP contribution is 2.27. The maximum absolute atomic E-state index is 9.18. The lowest BCUT2D eigenvalue weighted by Gasteiger charge is -2.30. The van der Waals surface area contributed by atoms with Gasteiger partial charge in [0.05, 0.1) is 0 Å². The Balaban J connectivity index is 1.82. The van der Waals surface area contributed by atoms with Crippen LogP contribution in [0.2, 0.25) is 0 Å². The summed E-state index contributed by atoms with van der Waals surface area (Å²) in [5, 5.41) is 12.8. The van der Waals surface area contributed by atoms with Crippen molar-refractivity contribution in [2.45, 2.75) is 51.1 Å². The van der Waals surface area contributed by atoms with Crippen LogP contribution in [-0.2, 0) is 6.54 Å². The molecule has 0 aromatic carbocycles. The van der Waals surface area contributed by atoms with E-state index in [9.17, 15) is 5.11 Å². The summed E-state index contributed by atoms with van der Waals surface area (Å²) in [7, 11) is 0. The summed E-state index contributed by atoms with van der Waals surface area (Å²) in [6.07, 6.45) is 11.6. The molecule has 3 nitrogen and oxygen atoms in total. The van der Waals surface area contributed by atoms with Gasteiger partial charge in [0.2, 0.25) is 0 Å². The second-order valence-corrected chi connectivity index (χ2v) is 5.12. The van der Waals surface area contributed by atoms with Crippen molar-refractivity contribution < 1.29 is 5.11 Å². The van der Waals surface area contributed by atoms with Crippen LogP contribution in [-0.4, -0.2) is 22.7 Å². The molecule has 1 heterocycles. The summed E-state index contributed by atoms with van der Waals surface area (Å²) < 4.78 is 0. The number of hydrogen-bond donors (Lipinski definition) is 3. The zero-order chi connectivity index (χ0) is 11.9. The van der Waals surface area contributed by atoms with Gasteiger partial charge < -0.3 is 15.4 Å². The number of nitrogens with one attached hydrogen (secondary N) is 2. The SMILES string of the molecule is OCCC(NCc1cc[nH]c1)C1CCCCC1. The van der Waals surface area contributed by atoms with Crippen molar-refractivity contribution in [3.63, 3.8) is 0 Å². The Morgan fingerprint density at radius 3 is 2.82 bits per heavy atom. The molecule has 0 aliphatic heterocycles. The van der Waals surface area contributed by atoms with E-state index in [0.717, 1.165) is 18.9 Å². The van der Waals surface area contributed by atoms with Crippen molar-refractivity contribution in [1.29, 1.82) is 0 Å². The van der Waals surface area contributed by atoms with E-state index in [0.29, 0.717) is 12.6 Å². The number of aromatic nitrogens is 1. The van der Waals surface area contributed by atoms with E-state index in [2.05, 4.69) is 16.4 Å². The third-order valence-electron chi connectivity index (χ3n) is 3.89. The van der Waals surface area contributed by atoms with Crippen LogP contribution in [0.1, 0.15) is 44.1 Å². The van der Waals surface area contributed by atoms with Crippen molar-refractivity contribution in [2.24, 2.45) is 5.92 Å². The van der Waals surface area contributed by atoms with Gasteiger partial charge in [-0.1, -0.05) is 19.3 Å². The molecule has 2 rings (SSSR count). The molecule has 0 saturated heterocycles. The number of rotatable bonds is 6. The normalized spacial score (nSPS) is 19.4. The standard InChI is InChI=1S/C14H24N2O/c17-9-7-14(13-4-2-1-3-5-13)16-11-12-6-8-15-10-12/h6,8,10,13-17H,1-5,7,9,11H2. The Morgan fingerprint density at radius 2 is 2.18 bits per heavy atom. The highest BCUT2D eigenvalue weighted by Gasteiger charge is 2.22. The van der Waals surface area contributed by atoms with Gasteiger partial charge in [-0.15, -0.1) is 0 Å². The van der Waals surface area contributed by atoms with E-state index < -0.39 is 0 Å². The van der Waals surface area contributed by atoms with E-state index in [1.54, 1.807) is 0 Å². The average Bonchev–Trinajstić information content (AvgIpc) is 2.88. The van der Waals surface area contributed by atoms with Gasteiger partial charge >= 0.3 is 0 Å². The first kappa shape index (κ1) is 12.7. The summed E-state index contributed by atoms with van der Waals surface area (Å²) in [6.45, 7) is 1.20. The van der Waals surface area contributed by atoms with Crippen molar-refractivity contribution >= 4 is 0 Å². The summed E-state index contributed by atoms with van der Waals surface area (Å²) in [4.78, 5) is 3.08. The Morgan fingerprint density at radius 1 is 1.35 bits per heavy atom. The minimum atomic E-state index is 0.293. The van der Waals surface area contributed by atoms with E-state index in [4.69, 9.17) is 0 Å². The lowest BCUT2D eigenvalue weighted by molar-refractivity contribution is 0.205. The molecule has 3 heteroatoms. The molecule has 1 unspecified atom stereocenters. The fourth-order valence-corrected chi connectivity index (χ4v) is 2.90. The number of H-pyrrole nitrogens is 1. The Hall–Kier alpha value is -0.800. The van der Waals surface area contributed by atoms with Crippen LogP contribution in [0.3, 0.4) is 0 Å². The minimum absolute atomic E-state index is 0.293. The van der Waals surface area contributed by atoms with Crippen molar-refractivity contribution in [2.75, 3.05) is 6.61 Å². The van der Waals surface area contributed by atoms with Gasteiger partial charge in [0.15, 0.2) is 0 Å². The third kappa shape index (κ3) is 3.86. The smallest absolute Gasteiger partial charge is 0.0445 e. The van der Waals surface area contributed by atoms with E-state index >= 15 is 0 Å². The minimum Gasteiger partial charge on any atom is -0.396 e. The van der Waals surface area contributed by atoms with Crippen molar-refractivity contribution in [3.8, 4) is 0 Å². The van der Waals surface area contributed by atoms with Gasteiger partial charge in [0.1, 0.15) is 0 Å². The van der Waals surface area contributed by atoms with Crippen LogP contribution in [0, 0.1) is 5.92 Å². The Bertz CT molecular complexity index is 291. The maximum Gasteiger partial charge on any atom is 0.0445 e. The van der Waals surface area contributed by atoms with Gasteiger partial charge in [-0.2, -0.15) is 0 Å². The molecule has 1 saturated carbocycles. The van der Waals surface area contributed by atoms with Crippen molar-refractivity contribution in [1.82, 2.24) is 10.3 Å². The molecule has 1 atom stereocenters. The van der Waals surface area contributed by atoms with E-state index in [1.165, 1.54) is 37.7 Å². The fourth-order valence-electron chi connectivity index (χ4n) is 2.90. The predicted octanol–water partition coefficient (Wildman–Crippen LogP) is 2.44. The second-order valence-electron chi connectivity index (χ2n) is 5.12. The second kappa shape index (κ2) is 6.82. The summed E-state index contributed by atoms with van der Waals surface area (Å²) in [6, 6.07) is 2.58. The molecule has 0 spiro atoms. The van der Waals surface area contributed by atoms with Crippen LogP contribution in [0.4, 0.5) is 0 Å². The molecule has 1 fully saturated rings. The first-order valence-electron chi connectivity index (χ1n) is 6.86. The molecular formula is C14H24N2O. The molecule has 1 aromatic rings. The largest absolute Gasteiger partial charge is 0.396 e. The lowest BCUT2D eigenvalue weighted by atomic mass is 9.82. The highest BCUT2D eigenvalue weighted by atomic mass is 16.3. The quantitative estimate of drug-likeness (QED) is 0.710. The van der Waals surface area contributed by atoms with Gasteiger partial charge in [0, 0.05) is 31.6 Å². The molecule has 3 N–H and O–H groups in total. The first-order valence-corrected chi connectivity index (χ1v) is 6.86. The zero-order valence-corrected chi connectivity index (χ0v) is 10.5. The van der Waals surface area contributed by atoms with Gasteiger partial charge in [-0.25, -0.2) is 0 Å². The lowest BCUT2D eigenvalue weighted by Crippen LogP contribution is -2.37. The molecule has 1 aliphatic rings. The van der Waals surface area contributed by atoms with Crippen LogP contribution in [0.15, 0.2) is 18.5 Å². The van der Waals surface area contributed by atoms with Crippen LogP contribution < -0.4 is 5.32 Å². The van der Waals surface area contributed by atoms with Gasteiger partial charge in [-0.05, 0) is 36.8 Å². The number of aromatic amines is 1. The summed E-state index contributed by atoms with van der Waals surface area (Å²) in [5.74, 6) is 0.759. The molecule has 96 valence electrons. The van der Waals surface area contributed by atoms with Gasteiger partial charge in [-0.3, -0.25) is 0 Å². The molecule has 17 heavy (non-hydrogen) atoms. The third-order valence-corrected chi connectivity index (χ3v) is 3.89. The average molecular weight is 236 g/mol. The van der Waals surface area contributed by atoms with Crippen LogP contribution in [0.5, 0.6) is 0 Å². The van der Waals surface area contributed by atoms with Crippen LogP contribution in [0.25, 0.3) is 0 Å². The molecule has 0 radical (unpaired) electrons. The molecular weight excluding hydrogens is 212 g/mol. The predicted molar refractivity (Wildman–Crippen MR) is 69.7 cm³/mol. The topological polar surface area (TPSA) is 48.0 Å². The van der Waals surface area contributed by atoms with Crippen molar-refractivity contribution in [3.05, 3.63) is 24.0 Å². The summed E-state index contributed by atoms with van der Waals surface area (Å²) in [5.41, 5.74) is 1.30. The first-order chi connectivity index (χ1) is 8.40. The Kier molecular flexibility index (Phi) is 5.08. The number of aliphatic hydroxyl groups excluding tert-OH is 1. The highest BCUT2D eigenvalue weighted by molar-refractivity contribution is 5.07. The number of hydrogen-bond acceptors (Lipinski definition) is 2. The monoisotopic (exact) mass is 236 g/mol.